The average molecular weight is 164 g/mol. The SMILES string of the molecule is OCc1ccnc(CC2CC2)n1. The summed E-state index contributed by atoms with van der Waals surface area (Å²) in [6, 6.07) is 1.75. The van der Waals surface area contributed by atoms with Gasteiger partial charge in [0.15, 0.2) is 0 Å². The normalized spacial score (nSPS) is 16.4. The molecule has 0 saturated heterocycles. The van der Waals surface area contributed by atoms with E-state index >= 15 is 0 Å². The van der Waals surface area contributed by atoms with Gasteiger partial charge in [-0.2, -0.15) is 0 Å². The van der Waals surface area contributed by atoms with Crippen LogP contribution in [0.5, 0.6) is 0 Å². The third kappa shape index (κ3) is 1.80. The van der Waals surface area contributed by atoms with Crippen LogP contribution in [-0.2, 0) is 13.0 Å². The molecule has 1 N–H and O–H groups in total. The zero-order valence-corrected chi connectivity index (χ0v) is 6.90. The van der Waals surface area contributed by atoms with E-state index in [1.807, 2.05) is 0 Å². The first-order valence-electron chi connectivity index (χ1n) is 4.30. The van der Waals surface area contributed by atoms with Crippen molar-refractivity contribution in [2.24, 2.45) is 5.92 Å². The van der Waals surface area contributed by atoms with Gasteiger partial charge in [0.2, 0.25) is 0 Å². The van der Waals surface area contributed by atoms with Gasteiger partial charge in [0.1, 0.15) is 5.82 Å². The van der Waals surface area contributed by atoms with Crippen LogP contribution in [0.2, 0.25) is 0 Å². The lowest BCUT2D eigenvalue weighted by molar-refractivity contribution is 0.276. The molecule has 0 spiro atoms. The van der Waals surface area contributed by atoms with Gasteiger partial charge in [0.05, 0.1) is 12.3 Å². The largest absolute Gasteiger partial charge is 0.390 e. The first-order valence-corrected chi connectivity index (χ1v) is 4.30. The van der Waals surface area contributed by atoms with Crippen LogP contribution in [0.4, 0.5) is 0 Å². The number of nitrogens with zero attached hydrogens (tertiary/aromatic N) is 2. The standard InChI is InChI=1S/C9H12N2O/c12-6-8-3-4-10-9(11-8)5-7-1-2-7/h3-4,7,12H,1-2,5-6H2. The molecule has 1 aliphatic carbocycles. The van der Waals surface area contributed by atoms with Gasteiger partial charge in [-0.1, -0.05) is 0 Å². The van der Waals surface area contributed by atoms with Gasteiger partial charge in [0.25, 0.3) is 0 Å². The number of rotatable bonds is 3. The molecule has 12 heavy (non-hydrogen) atoms. The molecule has 0 atom stereocenters. The van der Waals surface area contributed by atoms with Gasteiger partial charge in [-0.3, -0.25) is 0 Å². The van der Waals surface area contributed by atoms with Crippen molar-refractivity contribution in [2.45, 2.75) is 25.9 Å². The number of hydrogen-bond donors (Lipinski definition) is 1. The Morgan fingerprint density at radius 3 is 3.00 bits per heavy atom. The predicted molar refractivity (Wildman–Crippen MR) is 44.4 cm³/mol. The van der Waals surface area contributed by atoms with E-state index in [0.29, 0.717) is 0 Å². The van der Waals surface area contributed by atoms with Crippen molar-refractivity contribution in [3.8, 4) is 0 Å². The number of aliphatic hydroxyl groups excluding tert-OH is 1. The summed E-state index contributed by atoms with van der Waals surface area (Å²) in [5, 5.41) is 8.82. The van der Waals surface area contributed by atoms with Gasteiger partial charge < -0.3 is 5.11 Å². The molecule has 0 aromatic carbocycles. The zero-order chi connectivity index (χ0) is 8.39. The molecule has 0 amide bonds. The van der Waals surface area contributed by atoms with E-state index in [4.69, 9.17) is 5.11 Å². The molecule has 0 bridgehead atoms. The summed E-state index contributed by atoms with van der Waals surface area (Å²) in [5.41, 5.74) is 0.723. The molecule has 1 aromatic heterocycles. The van der Waals surface area contributed by atoms with Gasteiger partial charge in [-0.05, 0) is 24.8 Å². The molecule has 1 heterocycles. The Kier molecular flexibility index (Phi) is 2.04. The molecule has 1 fully saturated rings. The highest BCUT2D eigenvalue weighted by molar-refractivity contribution is 5.02. The van der Waals surface area contributed by atoms with Crippen molar-refractivity contribution in [1.82, 2.24) is 9.97 Å². The van der Waals surface area contributed by atoms with E-state index in [-0.39, 0.29) is 6.61 Å². The van der Waals surface area contributed by atoms with E-state index in [9.17, 15) is 0 Å². The highest BCUT2D eigenvalue weighted by Gasteiger charge is 2.22. The van der Waals surface area contributed by atoms with Gasteiger partial charge in [0, 0.05) is 12.6 Å². The van der Waals surface area contributed by atoms with E-state index in [1.54, 1.807) is 12.3 Å². The van der Waals surface area contributed by atoms with Crippen LogP contribution >= 0.6 is 0 Å². The Morgan fingerprint density at radius 2 is 2.33 bits per heavy atom. The van der Waals surface area contributed by atoms with E-state index in [1.165, 1.54) is 12.8 Å². The monoisotopic (exact) mass is 164 g/mol. The van der Waals surface area contributed by atoms with Crippen LogP contribution in [0.1, 0.15) is 24.4 Å². The topological polar surface area (TPSA) is 46.0 Å². The van der Waals surface area contributed by atoms with Crippen molar-refractivity contribution in [2.75, 3.05) is 0 Å². The third-order valence-electron chi connectivity index (χ3n) is 2.09. The molecular formula is C9H12N2O. The molecule has 64 valence electrons. The Labute approximate surface area is 71.5 Å². The van der Waals surface area contributed by atoms with Crippen molar-refractivity contribution in [3.05, 3.63) is 23.8 Å². The average Bonchev–Trinajstić information content (AvgIpc) is 2.89. The quantitative estimate of drug-likeness (QED) is 0.722. The minimum Gasteiger partial charge on any atom is -0.390 e. The van der Waals surface area contributed by atoms with Gasteiger partial charge in [-0.25, -0.2) is 9.97 Å². The van der Waals surface area contributed by atoms with Crippen LogP contribution in [0.3, 0.4) is 0 Å². The first-order chi connectivity index (χ1) is 5.88. The fourth-order valence-corrected chi connectivity index (χ4v) is 1.21. The van der Waals surface area contributed by atoms with Gasteiger partial charge in [-0.15, -0.1) is 0 Å². The van der Waals surface area contributed by atoms with Crippen molar-refractivity contribution < 1.29 is 5.11 Å². The number of aromatic nitrogens is 2. The highest BCUT2D eigenvalue weighted by Crippen LogP contribution is 2.31. The Hall–Kier alpha value is -0.960. The summed E-state index contributed by atoms with van der Waals surface area (Å²) in [4.78, 5) is 8.36. The first kappa shape index (κ1) is 7.68. The van der Waals surface area contributed by atoms with Crippen LogP contribution in [-0.4, -0.2) is 15.1 Å². The van der Waals surface area contributed by atoms with Crippen LogP contribution in [0, 0.1) is 5.92 Å². The summed E-state index contributed by atoms with van der Waals surface area (Å²) in [5.74, 6) is 1.68. The van der Waals surface area contributed by atoms with Crippen LogP contribution < -0.4 is 0 Å². The number of hydrogen-bond acceptors (Lipinski definition) is 3. The molecule has 0 aliphatic heterocycles. The van der Waals surface area contributed by atoms with Crippen molar-refractivity contribution in [1.29, 1.82) is 0 Å². The molecule has 1 aliphatic rings. The lowest BCUT2D eigenvalue weighted by atomic mass is 10.3. The van der Waals surface area contributed by atoms with Crippen LogP contribution in [0.15, 0.2) is 12.3 Å². The molecule has 3 heteroatoms. The second kappa shape index (κ2) is 3.19. The summed E-state index contributed by atoms with van der Waals surface area (Å²) >= 11 is 0. The molecule has 3 nitrogen and oxygen atoms in total. The smallest absolute Gasteiger partial charge is 0.128 e. The Balaban J connectivity index is 2.08. The van der Waals surface area contributed by atoms with E-state index in [2.05, 4.69) is 9.97 Å². The van der Waals surface area contributed by atoms with Crippen molar-refractivity contribution >= 4 is 0 Å². The maximum absolute atomic E-state index is 8.82. The van der Waals surface area contributed by atoms with E-state index < -0.39 is 0 Å². The Morgan fingerprint density at radius 1 is 1.50 bits per heavy atom. The zero-order valence-electron chi connectivity index (χ0n) is 6.90. The second-order valence-corrected chi connectivity index (χ2v) is 3.27. The highest BCUT2D eigenvalue weighted by atomic mass is 16.3. The lowest BCUT2D eigenvalue weighted by Crippen LogP contribution is -1.99. The minimum absolute atomic E-state index is 0.0141. The second-order valence-electron chi connectivity index (χ2n) is 3.27. The summed E-state index contributed by atoms with van der Waals surface area (Å²) in [6.07, 6.45) is 5.32. The lowest BCUT2D eigenvalue weighted by Gasteiger charge is -1.99. The molecule has 1 aromatic rings. The minimum atomic E-state index is 0.0141. The fourth-order valence-electron chi connectivity index (χ4n) is 1.21. The molecule has 1 saturated carbocycles. The number of aliphatic hydroxyl groups is 1. The predicted octanol–water partition coefficient (Wildman–Crippen LogP) is 0.921. The molecule has 0 unspecified atom stereocenters. The molecular weight excluding hydrogens is 152 g/mol. The summed E-state index contributed by atoms with van der Waals surface area (Å²) < 4.78 is 0. The fraction of sp³-hybridized carbons (Fsp3) is 0.556. The van der Waals surface area contributed by atoms with Crippen LogP contribution in [0.25, 0.3) is 0 Å². The maximum atomic E-state index is 8.82. The van der Waals surface area contributed by atoms with E-state index in [0.717, 1.165) is 23.9 Å². The maximum Gasteiger partial charge on any atom is 0.128 e. The third-order valence-corrected chi connectivity index (χ3v) is 2.09. The summed E-state index contributed by atoms with van der Waals surface area (Å²) in [7, 11) is 0. The Bertz CT molecular complexity index is 271. The molecule has 0 radical (unpaired) electrons. The van der Waals surface area contributed by atoms with Crippen molar-refractivity contribution in [3.63, 3.8) is 0 Å². The van der Waals surface area contributed by atoms with Gasteiger partial charge >= 0.3 is 0 Å². The molecule has 2 rings (SSSR count). The summed E-state index contributed by atoms with van der Waals surface area (Å²) in [6.45, 7) is 0.0141.